The van der Waals surface area contributed by atoms with Gasteiger partial charge in [-0.05, 0) is 62.2 Å². The Balaban J connectivity index is 1.81. The smallest absolute Gasteiger partial charge is 0.159 e. The highest BCUT2D eigenvalue weighted by Gasteiger charge is 2.10. The van der Waals surface area contributed by atoms with E-state index in [2.05, 4.69) is 40.5 Å². The minimum atomic E-state index is 0.460. The van der Waals surface area contributed by atoms with Crippen molar-refractivity contribution in [2.45, 2.75) is 20.8 Å². The van der Waals surface area contributed by atoms with Crippen LogP contribution in [-0.2, 0) is 0 Å². The zero-order valence-corrected chi connectivity index (χ0v) is 15.2. The largest absolute Gasteiger partial charge is 0.494 e. The number of benzene rings is 2. The molecular formula is C20H23N5O. The summed E-state index contributed by atoms with van der Waals surface area (Å²) in [5, 5.41) is 6.52. The quantitative estimate of drug-likeness (QED) is 0.605. The highest BCUT2D eigenvalue weighted by Crippen LogP contribution is 2.30. The fraction of sp³-hybridized carbons (Fsp3) is 0.200. The molecule has 4 N–H and O–H groups in total. The van der Waals surface area contributed by atoms with Gasteiger partial charge in [-0.3, -0.25) is 0 Å². The Morgan fingerprint density at radius 2 is 1.65 bits per heavy atom. The van der Waals surface area contributed by atoms with Crippen LogP contribution in [0.25, 0.3) is 0 Å². The van der Waals surface area contributed by atoms with Crippen molar-refractivity contribution in [3.05, 3.63) is 59.9 Å². The molecule has 0 unspecified atom stereocenters. The van der Waals surface area contributed by atoms with Crippen molar-refractivity contribution in [3.63, 3.8) is 0 Å². The number of aryl methyl sites for hydroxylation is 1. The van der Waals surface area contributed by atoms with Crippen molar-refractivity contribution in [2.75, 3.05) is 23.0 Å². The van der Waals surface area contributed by atoms with E-state index in [4.69, 9.17) is 10.5 Å². The highest BCUT2D eigenvalue weighted by atomic mass is 16.5. The summed E-state index contributed by atoms with van der Waals surface area (Å²) in [6.45, 7) is 6.73. The van der Waals surface area contributed by atoms with Gasteiger partial charge in [-0.15, -0.1) is 0 Å². The lowest BCUT2D eigenvalue weighted by atomic mass is 10.1. The summed E-state index contributed by atoms with van der Waals surface area (Å²) in [4.78, 5) is 8.53. The average Bonchev–Trinajstić information content (AvgIpc) is 2.64. The molecule has 6 heteroatoms. The Morgan fingerprint density at radius 3 is 2.35 bits per heavy atom. The van der Waals surface area contributed by atoms with Gasteiger partial charge in [0.15, 0.2) is 11.6 Å². The van der Waals surface area contributed by atoms with E-state index in [-0.39, 0.29) is 0 Å². The molecule has 3 rings (SSSR count). The molecular weight excluding hydrogens is 326 g/mol. The molecule has 0 aliphatic rings. The number of nitrogens with two attached hydrogens (primary N) is 1. The molecule has 0 radical (unpaired) electrons. The maximum atomic E-state index is 6.27. The molecule has 0 atom stereocenters. The molecule has 1 heterocycles. The number of hydrogen-bond acceptors (Lipinski definition) is 6. The highest BCUT2D eigenvalue weighted by molar-refractivity contribution is 5.80. The number of nitrogen functional groups attached to an aromatic ring is 1. The van der Waals surface area contributed by atoms with Gasteiger partial charge in [-0.1, -0.05) is 12.1 Å². The van der Waals surface area contributed by atoms with Crippen LogP contribution in [0.1, 0.15) is 18.1 Å². The number of ether oxygens (including phenoxy) is 1. The SMILES string of the molecule is CCOc1ccc(Nc2ncnc(Nc3cccc(C)c3C)c2N)cc1. The fourth-order valence-electron chi connectivity index (χ4n) is 2.55. The van der Waals surface area contributed by atoms with E-state index in [1.807, 2.05) is 43.3 Å². The molecule has 0 spiro atoms. The Labute approximate surface area is 153 Å². The van der Waals surface area contributed by atoms with E-state index in [0.717, 1.165) is 22.7 Å². The lowest BCUT2D eigenvalue weighted by Crippen LogP contribution is -2.06. The molecule has 26 heavy (non-hydrogen) atoms. The summed E-state index contributed by atoms with van der Waals surface area (Å²) in [7, 11) is 0. The van der Waals surface area contributed by atoms with Gasteiger partial charge < -0.3 is 21.1 Å². The molecule has 6 nitrogen and oxygen atoms in total. The average molecular weight is 349 g/mol. The Bertz CT molecular complexity index is 893. The zero-order valence-electron chi connectivity index (χ0n) is 15.2. The maximum absolute atomic E-state index is 6.27. The summed E-state index contributed by atoms with van der Waals surface area (Å²) in [6.07, 6.45) is 1.49. The van der Waals surface area contributed by atoms with Gasteiger partial charge in [0, 0.05) is 11.4 Å². The first-order valence-electron chi connectivity index (χ1n) is 8.52. The van der Waals surface area contributed by atoms with Crippen LogP contribution in [0.3, 0.4) is 0 Å². The van der Waals surface area contributed by atoms with E-state index in [1.54, 1.807) is 0 Å². The lowest BCUT2D eigenvalue weighted by molar-refractivity contribution is 0.340. The van der Waals surface area contributed by atoms with E-state index in [9.17, 15) is 0 Å². The monoisotopic (exact) mass is 349 g/mol. The lowest BCUT2D eigenvalue weighted by Gasteiger charge is -2.15. The first-order chi connectivity index (χ1) is 12.6. The van der Waals surface area contributed by atoms with Crippen LogP contribution in [-0.4, -0.2) is 16.6 Å². The molecule has 1 aromatic heterocycles. The number of hydrogen-bond donors (Lipinski definition) is 3. The topological polar surface area (TPSA) is 85.1 Å². The molecule has 0 saturated carbocycles. The van der Waals surface area contributed by atoms with Gasteiger partial charge in [0.1, 0.15) is 17.8 Å². The standard InChI is InChI=1S/C20H23N5O/c1-4-26-16-10-8-15(9-11-16)24-19-18(21)20(23-12-22-19)25-17-7-5-6-13(2)14(17)3/h5-12H,4,21H2,1-3H3,(H2,22,23,24,25). The fourth-order valence-corrected chi connectivity index (χ4v) is 2.55. The number of aromatic nitrogens is 2. The van der Waals surface area contributed by atoms with Crippen molar-refractivity contribution in [2.24, 2.45) is 0 Å². The van der Waals surface area contributed by atoms with Crippen LogP contribution in [0, 0.1) is 13.8 Å². The third-order valence-electron chi connectivity index (χ3n) is 4.17. The predicted molar refractivity (Wildman–Crippen MR) is 107 cm³/mol. The summed E-state index contributed by atoms with van der Waals surface area (Å²) in [6, 6.07) is 13.7. The second kappa shape index (κ2) is 7.74. The third-order valence-corrected chi connectivity index (χ3v) is 4.17. The van der Waals surface area contributed by atoms with E-state index < -0.39 is 0 Å². The molecule has 0 bridgehead atoms. The van der Waals surface area contributed by atoms with Gasteiger partial charge in [0.25, 0.3) is 0 Å². The van der Waals surface area contributed by atoms with Crippen molar-refractivity contribution >= 4 is 28.7 Å². The Morgan fingerprint density at radius 1 is 0.962 bits per heavy atom. The van der Waals surface area contributed by atoms with Gasteiger partial charge in [0.2, 0.25) is 0 Å². The van der Waals surface area contributed by atoms with E-state index in [0.29, 0.717) is 23.9 Å². The molecule has 134 valence electrons. The van der Waals surface area contributed by atoms with Crippen molar-refractivity contribution < 1.29 is 4.74 Å². The van der Waals surface area contributed by atoms with Gasteiger partial charge in [-0.25, -0.2) is 9.97 Å². The van der Waals surface area contributed by atoms with Crippen molar-refractivity contribution in [3.8, 4) is 5.75 Å². The second-order valence-electron chi connectivity index (χ2n) is 5.94. The summed E-state index contributed by atoms with van der Waals surface area (Å²) in [5.41, 5.74) is 10.9. The van der Waals surface area contributed by atoms with Crippen LogP contribution >= 0.6 is 0 Å². The number of anilines is 5. The van der Waals surface area contributed by atoms with Gasteiger partial charge in [0.05, 0.1) is 6.61 Å². The third kappa shape index (κ3) is 3.85. The second-order valence-corrected chi connectivity index (χ2v) is 5.94. The maximum Gasteiger partial charge on any atom is 0.159 e. The number of nitrogens with one attached hydrogen (secondary N) is 2. The first-order valence-corrected chi connectivity index (χ1v) is 8.52. The first kappa shape index (κ1) is 17.5. The van der Waals surface area contributed by atoms with Gasteiger partial charge >= 0.3 is 0 Å². The van der Waals surface area contributed by atoms with Gasteiger partial charge in [-0.2, -0.15) is 0 Å². The van der Waals surface area contributed by atoms with Crippen LogP contribution in [0.15, 0.2) is 48.8 Å². The summed E-state index contributed by atoms with van der Waals surface area (Å²) in [5.74, 6) is 1.95. The summed E-state index contributed by atoms with van der Waals surface area (Å²) < 4.78 is 5.45. The zero-order chi connectivity index (χ0) is 18.5. The molecule has 0 aliphatic carbocycles. The molecule has 0 amide bonds. The van der Waals surface area contributed by atoms with Crippen LogP contribution in [0.5, 0.6) is 5.75 Å². The number of rotatable bonds is 6. The number of nitrogens with zero attached hydrogens (tertiary/aromatic N) is 2. The molecule has 0 saturated heterocycles. The molecule has 0 aliphatic heterocycles. The molecule has 2 aromatic carbocycles. The van der Waals surface area contributed by atoms with E-state index >= 15 is 0 Å². The predicted octanol–water partition coefficient (Wildman–Crippen LogP) is 4.56. The van der Waals surface area contributed by atoms with Crippen LogP contribution in [0.4, 0.5) is 28.7 Å². The summed E-state index contributed by atoms with van der Waals surface area (Å²) >= 11 is 0. The van der Waals surface area contributed by atoms with Crippen LogP contribution in [0.2, 0.25) is 0 Å². The normalized spacial score (nSPS) is 10.4. The van der Waals surface area contributed by atoms with E-state index in [1.165, 1.54) is 11.9 Å². The molecule has 0 fully saturated rings. The minimum absolute atomic E-state index is 0.460. The Kier molecular flexibility index (Phi) is 5.22. The van der Waals surface area contributed by atoms with Crippen molar-refractivity contribution in [1.82, 2.24) is 9.97 Å². The minimum Gasteiger partial charge on any atom is -0.494 e. The molecule has 3 aromatic rings. The Hall–Kier alpha value is -3.28. The van der Waals surface area contributed by atoms with Crippen LogP contribution < -0.4 is 21.1 Å². The van der Waals surface area contributed by atoms with Crippen molar-refractivity contribution in [1.29, 1.82) is 0 Å².